The molecule has 1 atom stereocenters. The maximum absolute atomic E-state index is 11.5. The van der Waals surface area contributed by atoms with Crippen LogP contribution in [0.25, 0.3) is 0 Å². The van der Waals surface area contributed by atoms with Crippen LogP contribution in [0.5, 0.6) is 0 Å². The summed E-state index contributed by atoms with van der Waals surface area (Å²) in [4.78, 5) is 26.5. The second-order valence-corrected chi connectivity index (χ2v) is 5.47. The number of anilines is 2. The second-order valence-electron chi connectivity index (χ2n) is 5.47. The van der Waals surface area contributed by atoms with Gasteiger partial charge < -0.3 is 10.2 Å². The fourth-order valence-corrected chi connectivity index (χ4v) is 2.69. The molecule has 1 aliphatic heterocycles. The summed E-state index contributed by atoms with van der Waals surface area (Å²) in [5.41, 5.74) is 0.942. The highest BCUT2D eigenvalue weighted by Gasteiger charge is 2.23. The highest BCUT2D eigenvalue weighted by atomic mass is 16.2. The third kappa shape index (κ3) is 3.39. The lowest BCUT2D eigenvalue weighted by Crippen LogP contribution is -2.37. The maximum Gasteiger partial charge on any atom is 0.219 e. The molecule has 1 unspecified atom stereocenters. The molecule has 0 radical (unpaired) electrons. The van der Waals surface area contributed by atoms with Crippen LogP contribution < -0.4 is 5.32 Å². The lowest BCUT2D eigenvalue weighted by atomic mass is 9.95. The van der Waals surface area contributed by atoms with Gasteiger partial charge in [0.05, 0.1) is 18.1 Å². The van der Waals surface area contributed by atoms with Crippen molar-refractivity contribution in [2.45, 2.75) is 25.7 Å². The Hall–Kier alpha value is -2.50. The van der Waals surface area contributed by atoms with E-state index in [-0.39, 0.29) is 11.8 Å². The molecule has 0 aliphatic carbocycles. The van der Waals surface area contributed by atoms with E-state index in [0.29, 0.717) is 5.82 Å². The van der Waals surface area contributed by atoms with E-state index in [1.54, 1.807) is 25.5 Å². The first kappa shape index (κ1) is 14.4. The standard InChI is InChI=1S/C16H19N5O/c1-12(22)21-8-4-5-13(11-21)14-9-19-16(10-18-14)20-15-6-2-3-7-17-15/h2-3,6-7,9-10,13H,4-5,8,11H2,1H3,(H,17,19,20). The second kappa shape index (κ2) is 6.51. The van der Waals surface area contributed by atoms with E-state index in [4.69, 9.17) is 0 Å². The van der Waals surface area contributed by atoms with Crippen LogP contribution in [-0.4, -0.2) is 38.8 Å². The minimum Gasteiger partial charge on any atom is -0.342 e. The average Bonchev–Trinajstić information content (AvgIpc) is 2.56. The summed E-state index contributed by atoms with van der Waals surface area (Å²) < 4.78 is 0. The first-order valence-electron chi connectivity index (χ1n) is 7.48. The predicted molar refractivity (Wildman–Crippen MR) is 83.8 cm³/mol. The summed E-state index contributed by atoms with van der Waals surface area (Å²) in [6.45, 7) is 3.20. The lowest BCUT2D eigenvalue weighted by molar-refractivity contribution is -0.130. The first-order chi connectivity index (χ1) is 10.7. The van der Waals surface area contributed by atoms with E-state index in [9.17, 15) is 4.79 Å². The summed E-state index contributed by atoms with van der Waals surface area (Å²) in [6.07, 6.45) is 7.30. The van der Waals surface area contributed by atoms with Crippen molar-refractivity contribution >= 4 is 17.5 Å². The topological polar surface area (TPSA) is 71.0 Å². The number of aromatic nitrogens is 3. The van der Waals surface area contributed by atoms with Crippen molar-refractivity contribution in [2.24, 2.45) is 0 Å². The highest BCUT2D eigenvalue weighted by molar-refractivity contribution is 5.73. The van der Waals surface area contributed by atoms with Crippen molar-refractivity contribution in [3.63, 3.8) is 0 Å². The van der Waals surface area contributed by atoms with Gasteiger partial charge in [0.2, 0.25) is 5.91 Å². The van der Waals surface area contributed by atoms with Gasteiger partial charge in [-0.2, -0.15) is 0 Å². The first-order valence-corrected chi connectivity index (χ1v) is 7.48. The fraction of sp³-hybridized carbons (Fsp3) is 0.375. The summed E-state index contributed by atoms with van der Waals surface area (Å²) in [5, 5.41) is 3.11. The van der Waals surface area contributed by atoms with Crippen LogP contribution in [0.4, 0.5) is 11.6 Å². The average molecular weight is 297 g/mol. The van der Waals surface area contributed by atoms with Gasteiger partial charge in [-0.1, -0.05) is 6.07 Å². The van der Waals surface area contributed by atoms with Crippen LogP contribution in [0.2, 0.25) is 0 Å². The number of nitrogens with zero attached hydrogens (tertiary/aromatic N) is 4. The highest BCUT2D eigenvalue weighted by Crippen LogP contribution is 2.25. The van der Waals surface area contributed by atoms with E-state index in [2.05, 4.69) is 20.3 Å². The van der Waals surface area contributed by atoms with Gasteiger partial charge in [0, 0.05) is 32.1 Å². The number of rotatable bonds is 3. The van der Waals surface area contributed by atoms with Crippen LogP contribution in [-0.2, 0) is 4.79 Å². The van der Waals surface area contributed by atoms with Gasteiger partial charge in [-0.3, -0.25) is 9.78 Å². The number of nitrogens with one attached hydrogen (secondary N) is 1. The van der Waals surface area contributed by atoms with Crippen LogP contribution in [0.1, 0.15) is 31.4 Å². The SMILES string of the molecule is CC(=O)N1CCCC(c2cnc(Nc3ccccn3)cn2)C1. The van der Waals surface area contributed by atoms with E-state index < -0.39 is 0 Å². The summed E-state index contributed by atoms with van der Waals surface area (Å²) in [7, 11) is 0. The molecule has 0 spiro atoms. The van der Waals surface area contributed by atoms with Crippen molar-refractivity contribution in [2.75, 3.05) is 18.4 Å². The van der Waals surface area contributed by atoms with Gasteiger partial charge in [0.15, 0.2) is 0 Å². The summed E-state index contributed by atoms with van der Waals surface area (Å²) in [5.74, 6) is 1.81. The van der Waals surface area contributed by atoms with E-state index >= 15 is 0 Å². The molecule has 1 saturated heterocycles. The van der Waals surface area contributed by atoms with Gasteiger partial charge in [-0.25, -0.2) is 9.97 Å². The normalized spacial score (nSPS) is 18.0. The van der Waals surface area contributed by atoms with Gasteiger partial charge in [-0.15, -0.1) is 0 Å². The molecule has 1 fully saturated rings. The molecular formula is C16H19N5O. The summed E-state index contributed by atoms with van der Waals surface area (Å²) in [6, 6.07) is 5.65. The molecule has 3 heterocycles. The monoisotopic (exact) mass is 297 g/mol. The van der Waals surface area contributed by atoms with E-state index in [1.165, 1.54) is 0 Å². The summed E-state index contributed by atoms with van der Waals surface area (Å²) >= 11 is 0. The number of hydrogen-bond donors (Lipinski definition) is 1. The molecule has 6 nitrogen and oxygen atoms in total. The fourth-order valence-electron chi connectivity index (χ4n) is 2.69. The smallest absolute Gasteiger partial charge is 0.219 e. The van der Waals surface area contributed by atoms with E-state index in [1.807, 2.05) is 23.1 Å². The van der Waals surface area contributed by atoms with Crippen LogP contribution in [0.3, 0.4) is 0 Å². The van der Waals surface area contributed by atoms with Crippen molar-refractivity contribution in [1.82, 2.24) is 19.9 Å². The number of pyridine rings is 1. The molecule has 1 aliphatic rings. The van der Waals surface area contributed by atoms with Crippen LogP contribution in [0, 0.1) is 0 Å². The van der Waals surface area contributed by atoms with Crippen LogP contribution >= 0.6 is 0 Å². The molecule has 1 N–H and O–H groups in total. The zero-order chi connectivity index (χ0) is 15.4. The molecule has 114 valence electrons. The predicted octanol–water partition coefficient (Wildman–Crippen LogP) is 2.34. The van der Waals surface area contributed by atoms with Crippen molar-refractivity contribution < 1.29 is 4.79 Å². The molecule has 0 aromatic carbocycles. The molecule has 6 heteroatoms. The number of carbonyl (C=O) groups is 1. The molecular weight excluding hydrogens is 278 g/mol. The molecule has 2 aromatic heterocycles. The molecule has 1 amide bonds. The Morgan fingerprint density at radius 1 is 1.23 bits per heavy atom. The van der Waals surface area contributed by atoms with Crippen molar-refractivity contribution in [1.29, 1.82) is 0 Å². The third-order valence-corrected chi connectivity index (χ3v) is 3.88. The minimum absolute atomic E-state index is 0.131. The van der Waals surface area contributed by atoms with Gasteiger partial charge >= 0.3 is 0 Å². The third-order valence-electron chi connectivity index (χ3n) is 3.88. The van der Waals surface area contributed by atoms with Crippen molar-refractivity contribution in [3.8, 4) is 0 Å². The Balaban J connectivity index is 1.67. The zero-order valence-electron chi connectivity index (χ0n) is 12.6. The Morgan fingerprint density at radius 2 is 2.14 bits per heavy atom. The molecule has 0 saturated carbocycles. The Labute approximate surface area is 129 Å². The number of carbonyl (C=O) groups excluding carboxylic acids is 1. The maximum atomic E-state index is 11.5. The number of amides is 1. The van der Waals surface area contributed by atoms with Gasteiger partial charge in [0.1, 0.15) is 11.6 Å². The number of hydrogen-bond acceptors (Lipinski definition) is 5. The zero-order valence-corrected chi connectivity index (χ0v) is 12.6. The Morgan fingerprint density at radius 3 is 2.82 bits per heavy atom. The van der Waals surface area contributed by atoms with Gasteiger partial charge in [0.25, 0.3) is 0 Å². The van der Waals surface area contributed by atoms with Gasteiger partial charge in [-0.05, 0) is 25.0 Å². The van der Waals surface area contributed by atoms with Crippen molar-refractivity contribution in [3.05, 3.63) is 42.5 Å². The molecule has 0 bridgehead atoms. The molecule has 2 aromatic rings. The quantitative estimate of drug-likeness (QED) is 0.941. The number of piperidine rings is 1. The van der Waals surface area contributed by atoms with Crippen LogP contribution in [0.15, 0.2) is 36.8 Å². The lowest BCUT2D eigenvalue weighted by Gasteiger charge is -2.31. The minimum atomic E-state index is 0.131. The van der Waals surface area contributed by atoms with E-state index in [0.717, 1.165) is 37.4 Å². The Bertz CT molecular complexity index is 629. The molecule has 3 rings (SSSR count). The number of likely N-dealkylation sites (tertiary alicyclic amines) is 1. The Kier molecular flexibility index (Phi) is 4.27. The molecule has 22 heavy (non-hydrogen) atoms. The largest absolute Gasteiger partial charge is 0.342 e.